The molecule has 0 radical (unpaired) electrons. The standard InChI is InChI=1S/C24H20ClN3O3.ClH/c1-15-20(17-6-3-2-4-7-17)8-5-9-21(15)24-28-27-23(31-24)18-10-16(11-19(25)12-18)14-30-22(29)13-26;/h2-12H,13-14,26H2,1H3;1H. The van der Waals surface area contributed by atoms with Crippen LogP contribution in [-0.4, -0.2) is 22.7 Å². The number of nitrogens with two attached hydrogens (primary N) is 1. The number of hydrogen-bond donors (Lipinski definition) is 1. The van der Waals surface area contributed by atoms with E-state index in [-0.39, 0.29) is 25.6 Å². The minimum atomic E-state index is -0.490. The van der Waals surface area contributed by atoms with Gasteiger partial charge in [-0.1, -0.05) is 54.1 Å². The van der Waals surface area contributed by atoms with Gasteiger partial charge < -0.3 is 14.9 Å². The average molecular weight is 470 g/mol. The molecule has 0 saturated heterocycles. The van der Waals surface area contributed by atoms with E-state index in [1.165, 1.54) is 0 Å². The molecule has 0 amide bonds. The van der Waals surface area contributed by atoms with E-state index in [0.29, 0.717) is 27.9 Å². The lowest BCUT2D eigenvalue weighted by atomic mass is 9.96. The smallest absolute Gasteiger partial charge is 0.320 e. The number of nitrogens with zero attached hydrogens (tertiary/aromatic N) is 2. The second-order valence-corrected chi connectivity index (χ2v) is 7.41. The molecule has 2 N–H and O–H groups in total. The van der Waals surface area contributed by atoms with E-state index in [1.807, 2.05) is 37.3 Å². The number of rotatable bonds is 6. The van der Waals surface area contributed by atoms with E-state index in [2.05, 4.69) is 28.4 Å². The first kappa shape index (κ1) is 23.5. The van der Waals surface area contributed by atoms with Crippen molar-refractivity contribution in [3.8, 4) is 34.0 Å². The van der Waals surface area contributed by atoms with E-state index in [0.717, 1.165) is 22.3 Å². The van der Waals surface area contributed by atoms with Crippen molar-refractivity contribution in [1.29, 1.82) is 0 Å². The second-order valence-electron chi connectivity index (χ2n) is 6.97. The Kier molecular flexibility index (Phi) is 7.64. The number of benzene rings is 3. The minimum Gasteiger partial charge on any atom is -0.460 e. The molecule has 0 unspecified atom stereocenters. The third-order valence-electron chi connectivity index (χ3n) is 4.85. The van der Waals surface area contributed by atoms with Crippen LogP contribution in [0.3, 0.4) is 0 Å². The highest BCUT2D eigenvalue weighted by Gasteiger charge is 2.16. The summed E-state index contributed by atoms with van der Waals surface area (Å²) in [5.74, 6) is 0.255. The van der Waals surface area contributed by atoms with Crippen LogP contribution in [0.25, 0.3) is 34.0 Å². The highest BCUT2D eigenvalue weighted by atomic mass is 35.5. The maximum absolute atomic E-state index is 11.3. The van der Waals surface area contributed by atoms with Gasteiger partial charge in [-0.15, -0.1) is 22.6 Å². The van der Waals surface area contributed by atoms with Crippen molar-refractivity contribution in [2.45, 2.75) is 13.5 Å². The summed E-state index contributed by atoms with van der Waals surface area (Å²) in [6.07, 6.45) is 0. The summed E-state index contributed by atoms with van der Waals surface area (Å²) in [7, 11) is 0. The topological polar surface area (TPSA) is 91.2 Å². The van der Waals surface area contributed by atoms with Gasteiger partial charge in [-0.05, 0) is 53.4 Å². The predicted molar refractivity (Wildman–Crippen MR) is 126 cm³/mol. The van der Waals surface area contributed by atoms with Gasteiger partial charge >= 0.3 is 5.97 Å². The molecule has 0 aliphatic rings. The van der Waals surface area contributed by atoms with Gasteiger partial charge in [0.2, 0.25) is 11.8 Å². The minimum absolute atomic E-state index is 0. The van der Waals surface area contributed by atoms with Crippen molar-refractivity contribution in [2.75, 3.05) is 6.54 Å². The zero-order valence-electron chi connectivity index (χ0n) is 17.2. The van der Waals surface area contributed by atoms with Gasteiger partial charge in [-0.2, -0.15) is 0 Å². The molecule has 164 valence electrons. The first-order valence-electron chi connectivity index (χ1n) is 9.69. The Morgan fingerprint density at radius 3 is 2.44 bits per heavy atom. The Morgan fingerprint density at radius 1 is 0.969 bits per heavy atom. The number of carbonyl (C=O) groups is 1. The fourth-order valence-electron chi connectivity index (χ4n) is 3.33. The fraction of sp³-hybridized carbons (Fsp3) is 0.125. The Bertz CT molecular complexity index is 1230. The molecule has 0 aliphatic heterocycles. The van der Waals surface area contributed by atoms with Crippen molar-refractivity contribution in [1.82, 2.24) is 10.2 Å². The van der Waals surface area contributed by atoms with Gasteiger partial charge in [-0.25, -0.2) is 0 Å². The van der Waals surface area contributed by atoms with E-state index in [1.54, 1.807) is 18.2 Å². The summed E-state index contributed by atoms with van der Waals surface area (Å²) in [6, 6.07) is 21.3. The van der Waals surface area contributed by atoms with Crippen LogP contribution in [0.4, 0.5) is 0 Å². The largest absolute Gasteiger partial charge is 0.460 e. The molecule has 1 heterocycles. The summed E-state index contributed by atoms with van der Waals surface area (Å²) >= 11 is 6.23. The summed E-state index contributed by atoms with van der Waals surface area (Å²) in [6.45, 7) is 1.91. The van der Waals surface area contributed by atoms with Crippen LogP contribution in [0.5, 0.6) is 0 Å². The summed E-state index contributed by atoms with van der Waals surface area (Å²) in [5.41, 5.74) is 10.7. The van der Waals surface area contributed by atoms with Crippen LogP contribution >= 0.6 is 24.0 Å². The zero-order chi connectivity index (χ0) is 21.8. The van der Waals surface area contributed by atoms with E-state index in [9.17, 15) is 4.79 Å². The second kappa shape index (κ2) is 10.4. The SMILES string of the molecule is Cc1c(-c2ccccc2)cccc1-c1nnc(-c2cc(Cl)cc(COC(=O)CN)c2)o1.Cl. The maximum Gasteiger partial charge on any atom is 0.320 e. The predicted octanol–water partition coefficient (Wildman–Crippen LogP) is 5.46. The molecule has 3 aromatic carbocycles. The van der Waals surface area contributed by atoms with Crippen LogP contribution < -0.4 is 5.73 Å². The van der Waals surface area contributed by atoms with Gasteiger partial charge in [0.15, 0.2) is 0 Å². The lowest BCUT2D eigenvalue weighted by molar-refractivity contribution is -0.143. The molecule has 0 spiro atoms. The summed E-state index contributed by atoms with van der Waals surface area (Å²) in [4.78, 5) is 11.3. The highest BCUT2D eigenvalue weighted by Crippen LogP contribution is 2.33. The Hall–Kier alpha value is -3.19. The zero-order valence-corrected chi connectivity index (χ0v) is 18.8. The number of aromatic nitrogens is 2. The lowest BCUT2D eigenvalue weighted by Crippen LogP contribution is -2.16. The quantitative estimate of drug-likeness (QED) is 0.377. The van der Waals surface area contributed by atoms with E-state index >= 15 is 0 Å². The first-order valence-corrected chi connectivity index (χ1v) is 10.1. The van der Waals surface area contributed by atoms with Gasteiger partial charge in [-0.3, -0.25) is 4.79 Å². The molecule has 0 saturated carbocycles. The number of ether oxygens (including phenoxy) is 1. The van der Waals surface area contributed by atoms with Crippen molar-refractivity contribution in [2.24, 2.45) is 5.73 Å². The molecule has 0 fully saturated rings. The van der Waals surface area contributed by atoms with Crippen LogP contribution in [0, 0.1) is 6.92 Å². The van der Waals surface area contributed by atoms with Crippen LogP contribution in [0.15, 0.2) is 71.1 Å². The molecule has 4 aromatic rings. The van der Waals surface area contributed by atoms with Gasteiger partial charge in [0.05, 0.1) is 6.54 Å². The molecule has 0 bridgehead atoms. The molecule has 0 atom stereocenters. The third kappa shape index (κ3) is 5.16. The van der Waals surface area contributed by atoms with E-state index in [4.69, 9.17) is 26.5 Å². The van der Waals surface area contributed by atoms with Crippen molar-refractivity contribution in [3.63, 3.8) is 0 Å². The molecule has 6 nitrogen and oxygen atoms in total. The Labute approximate surface area is 196 Å². The molecule has 4 rings (SSSR count). The number of carbonyl (C=O) groups excluding carboxylic acids is 1. The normalized spacial score (nSPS) is 10.5. The average Bonchev–Trinajstić information content (AvgIpc) is 3.28. The lowest BCUT2D eigenvalue weighted by Gasteiger charge is -2.09. The Balaban J connectivity index is 0.00000289. The highest BCUT2D eigenvalue weighted by molar-refractivity contribution is 6.30. The Morgan fingerprint density at radius 2 is 1.69 bits per heavy atom. The molecule has 8 heteroatoms. The van der Waals surface area contributed by atoms with Crippen molar-refractivity contribution in [3.05, 3.63) is 82.9 Å². The molecule has 0 aliphatic carbocycles. The van der Waals surface area contributed by atoms with Crippen molar-refractivity contribution < 1.29 is 13.9 Å². The molecule has 1 aromatic heterocycles. The van der Waals surface area contributed by atoms with Crippen molar-refractivity contribution >= 4 is 30.0 Å². The van der Waals surface area contributed by atoms with Gasteiger partial charge in [0, 0.05) is 16.1 Å². The maximum atomic E-state index is 11.3. The fourth-order valence-corrected chi connectivity index (χ4v) is 3.58. The molecular weight excluding hydrogens is 449 g/mol. The van der Waals surface area contributed by atoms with Crippen LogP contribution in [0.2, 0.25) is 5.02 Å². The number of hydrogen-bond acceptors (Lipinski definition) is 6. The summed E-state index contributed by atoms with van der Waals surface area (Å²) < 4.78 is 11.1. The molecule has 32 heavy (non-hydrogen) atoms. The number of halogens is 2. The molecular formula is C24H21Cl2N3O3. The van der Waals surface area contributed by atoms with Crippen LogP contribution in [-0.2, 0) is 16.1 Å². The van der Waals surface area contributed by atoms with Crippen LogP contribution in [0.1, 0.15) is 11.1 Å². The van der Waals surface area contributed by atoms with Gasteiger partial charge in [0.25, 0.3) is 0 Å². The van der Waals surface area contributed by atoms with E-state index < -0.39 is 5.97 Å². The first-order chi connectivity index (χ1) is 15.0. The number of esters is 1. The van der Waals surface area contributed by atoms with Gasteiger partial charge in [0.1, 0.15) is 6.61 Å². The third-order valence-corrected chi connectivity index (χ3v) is 5.06. The summed E-state index contributed by atoms with van der Waals surface area (Å²) in [5, 5.41) is 8.91. The monoisotopic (exact) mass is 469 g/mol.